The first-order valence-electron chi connectivity index (χ1n) is 9.63. The molecule has 0 unspecified atom stereocenters. The van der Waals surface area contributed by atoms with Crippen LogP contribution in [0.2, 0.25) is 0 Å². The molecule has 1 fully saturated rings. The summed E-state index contributed by atoms with van der Waals surface area (Å²) in [4.78, 5) is 14.5. The van der Waals surface area contributed by atoms with E-state index in [9.17, 15) is 22.4 Å². The van der Waals surface area contributed by atoms with Crippen LogP contribution in [0.25, 0.3) is 5.65 Å². The quantitative estimate of drug-likeness (QED) is 0.573. The van der Waals surface area contributed by atoms with Crippen LogP contribution in [0, 0.1) is 19.7 Å². The molecular formula is C21H20F4N4O. The molecule has 3 heterocycles. The molecule has 0 atom stereocenters. The molecule has 0 radical (unpaired) electrons. The number of hydrogen-bond acceptors (Lipinski definition) is 3. The Bertz CT molecular complexity index is 1110. The van der Waals surface area contributed by atoms with Gasteiger partial charge in [-0.05, 0) is 61.4 Å². The van der Waals surface area contributed by atoms with Crippen molar-refractivity contribution in [3.63, 3.8) is 0 Å². The molecule has 0 aliphatic carbocycles. The number of pyridine rings is 1. The van der Waals surface area contributed by atoms with Crippen LogP contribution in [0.15, 0.2) is 30.5 Å². The minimum absolute atomic E-state index is 0.0318. The van der Waals surface area contributed by atoms with Crippen molar-refractivity contribution in [2.75, 3.05) is 13.1 Å². The van der Waals surface area contributed by atoms with Gasteiger partial charge in [-0.3, -0.25) is 9.20 Å². The fourth-order valence-corrected chi connectivity index (χ4v) is 4.07. The molecule has 1 aliphatic heterocycles. The van der Waals surface area contributed by atoms with E-state index in [1.54, 1.807) is 28.5 Å². The Labute approximate surface area is 170 Å². The average Bonchev–Trinajstić information content (AvgIpc) is 3.08. The van der Waals surface area contributed by atoms with Crippen LogP contribution in [0.3, 0.4) is 0 Å². The Kier molecular flexibility index (Phi) is 4.99. The molecule has 1 amide bonds. The topological polar surface area (TPSA) is 50.5 Å². The molecule has 1 saturated heterocycles. The molecule has 0 N–H and O–H groups in total. The summed E-state index contributed by atoms with van der Waals surface area (Å²) >= 11 is 0. The van der Waals surface area contributed by atoms with E-state index < -0.39 is 23.5 Å². The summed E-state index contributed by atoms with van der Waals surface area (Å²) in [6.45, 7) is 3.98. The zero-order valence-electron chi connectivity index (χ0n) is 16.5. The average molecular weight is 420 g/mol. The second kappa shape index (κ2) is 7.37. The Morgan fingerprint density at radius 2 is 1.77 bits per heavy atom. The lowest BCUT2D eigenvalue weighted by Gasteiger charge is -2.33. The van der Waals surface area contributed by atoms with Crippen LogP contribution in [0.4, 0.5) is 17.6 Å². The molecule has 158 valence electrons. The third kappa shape index (κ3) is 3.64. The highest BCUT2D eigenvalue weighted by Crippen LogP contribution is 2.41. The summed E-state index contributed by atoms with van der Waals surface area (Å²) in [5.41, 5.74) is 0.701. The standard InChI is InChI=1S/C21H20F4N4O/c1-12-3-4-17-26-27-19(29(17)11-12)20(30)28-7-5-14(6-8-28)15-9-13(2)10-16(22)18(15)21(23,24)25/h3-4,9-11,14H,5-8H2,1-2H3. The first-order valence-corrected chi connectivity index (χ1v) is 9.63. The lowest BCUT2D eigenvalue weighted by atomic mass is 9.85. The van der Waals surface area contributed by atoms with Crippen LogP contribution in [-0.4, -0.2) is 38.5 Å². The number of alkyl halides is 3. The summed E-state index contributed by atoms with van der Waals surface area (Å²) in [5.74, 6) is -1.87. The molecule has 30 heavy (non-hydrogen) atoms. The molecule has 1 aromatic carbocycles. The van der Waals surface area contributed by atoms with E-state index in [4.69, 9.17) is 0 Å². The van der Waals surface area contributed by atoms with Gasteiger partial charge in [-0.15, -0.1) is 10.2 Å². The van der Waals surface area contributed by atoms with E-state index in [0.29, 0.717) is 24.1 Å². The maximum absolute atomic E-state index is 14.1. The second-order valence-corrected chi connectivity index (χ2v) is 7.73. The predicted molar refractivity (Wildman–Crippen MR) is 102 cm³/mol. The minimum atomic E-state index is -4.77. The third-order valence-corrected chi connectivity index (χ3v) is 5.51. The van der Waals surface area contributed by atoms with E-state index >= 15 is 0 Å². The van der Waals surface area contributed by atoms with Crippen molar-refractivity contribution in [1.82, 2.24) is 19.5 Å². The van der Waals surface area contributed by atoms with Crippen LogP contribution in [-0.2, 0) is 6.18 Å². The van der Waals surface area contributed by atoms with Gasteiger partial charge in [-0.25, -0.2) is 4.39 Å². The van der Waals surface area contributed by atoms with Gasteiger partial charge in [0.05, 0.1) is 5.56 Å². The smallest absolute Gasteiger partial charge is 0.336 e. The number of amides is 1. The van der Waals surface area contributed by atoms with Gasteiger partial charge >= 0.3 is 6.18 Å². The van der Waals surface area contributed by atoms with E-state index in [-0.39, 0.29) is 30.4 Å². The molecule has 3 aromatic rings. The van der Waals surface area contributed by atoms with E-state index in [2.05, 4.69) is 10.2 Å². The highest BCUT2D eigenvalue weighted by Gasteiger charge is 2.39. The summed E-state index contributed by atoms with van der Waals surface area (Å²) in [7, 11) is 0. The van der Waals surface area contributed by atoms with E-state index in [1.165, 1.54) is 6.07 Å². The van der Waals surface area contributed by atoms with Gasteiger partial charge < -0.3 is 4.90 Å². The van der Waals surface area contributed by atoms with Crippen LogP contribution < -0.4 is 0 Å². The van der Waals surface area contributed by atoms with Gasteiger partial charge in [0.2, 0.25) is 5.82 Å². The number of nitrogens with zero attached hydrogens (tertiary/aromatic N) is 4. The van der Waals surface area contributed by atoms with Crippen LogP contribution >= 0.6 is 0 Å². The molecule has 1 aliphatic rings. The van der Waals surface area contributed by atoms with Crippen molar-refractivity contribution in [3.8, 4) is 0 Å². The predicted octanol–water partition coefficient (Wildman–Crippen LogP) is 4.52. The summed E-state index contributed by atoms with van der Waals surface area (Å²) in [5, 5.41) is 7.98. The monoisotopic (exact) mass is 420 g/mol. The number of piperidine rings is 1. The summed E-state index contributed by atoms with van der Waals surface area (Å²) < 4.78 is 56.1. The number of likely N-dealkylation sites (tertiary alicyclic amines) is 1. The number of fused-ring (bicyclic) bond motifs is 1. The lowest BCUT2D eigenvalue weighted by molar-refractivity contribution is -0.140. The Hall–Kier alpha value is -2.97. The number of aryl methyl sites for hydroxylation is 2. The third-order valence-electron chi connectivity index (χ3n) is 5.51. The molecule has 4 rings (SSSR count). The Balaban J connectivity index is 1.56. The summed E-state index contributed by atoms with van der Waals surface area (Å²) in [6, 6.07) is 5.94. The molecule has 5 nitrogen and oxygen atoms in total. The fourth-order valence-electron chi connectivity index (χ4n) is 4.07. The van der Waals surface area contributed by atoms with Crippen molar-refractivity contribution in [2.45, 2.75) is 38.8 Å². The maximum atomic E-state index is 14.1. The van der Waals surface area contributed by atoms with Gasteiger partial charge in [-0.1, -0.05) is 12.1 Å². The van der Waals surface area contributed by atoms with Crippen molar-refractivity contribution >= 4 is 11.6 Å². The van der Waals surface area contributed by atoms with Gasteiger partial charge in [0.15, 0.2) is 5.65 Å². The van der Waals surface area contributed by atoms with Gasteiger partial charge in [-0.2, -0.15) is 13.2 Å². The number of carbonyl (C=O) groups is 1. The van der Waals surface area contributed by atoms with Gasteiger partial charge in [0.25, 0.3) is 5.91 Å². The number of benzene rings is 1. The van der Waals surface area contributed by atoms with E-state index in [1.807, 2.05) is 13.0 Å². The number of halogens is 4. The first kappa shape index (κ1) is 20.3. The normalized spacial score (nSPS) is 15.7. The largest absolute Gasteiger partial charge is 0.419 e. The molecule has 9 heteroatoms. The van der Waals surface area contributed by atoms with Crippen molar-refractivity contribution in [1.29, 1.82) is 0 Å². The van der Waals surface area contributed by atoms with Crippen LogP contribution in [0.1, 0.15) is 51.6 Å². The van der Waals surface area contributed by atoms with Gasteiger partial charge in [0.1, 0.15) is 5.82 Å². The van der Waals surface area contributed by atoms with Crippen molar-refractivity contribution < 1.29 is 22.4 Å². The number of rotatable bonds is 2. The highest BCUT2D eigenvalue weighted by molar-refractivity contribution is 5.91. The SMILES string of the molecule is Cc1cc(F)c(C(F)(F)F)c(C2CCN(C(=O)c3nnc4ccc(C)cn34)CC2)c1. The highest BCUT2D eigenvalue weighted by atomic mass is 19.4. The number of hydrogen-bond donors (Lipinski definition) is 0. The fraction of sp³-hybridized carbons (Fsp3) is 0.381. The Morgan fingerprint density at radius 3 is 2.43 bits per heavy atom. The molecule has 2 aromatic heterocycles. The van der Waals surface area contributed by atoms with Gasteiger partial charge in [0, 0.05) is 19.3 Å². The summed E-state index contributed by atoms with van der Waals surface area (Å²) in [6.07, 6.45) is -2.38. The zero-order chi connectivity index (χ0) is 21.6. The number of carbonyl (C=O) groups excluding carboxylic acids is 1. The minimum Gasteiger partial charge on any atom is -0.336 e. The molecule has 0 saturated carbocycles. The van der Waals surface area contributed by atoms with Crippen molar-refractivity contribution in [3.05, 3.63) is 64.4 Å². The zero-order valence-corrected chi connectivity index (χ0v) is 16.5. The molecule has 0 bridgehead atoms. The lowest BCUT2D eigenvalue weighted by Crippen LogP contribution is -2.39. The second-order valence-electron chi connectivity index (χ2n) is 7.73. The van der Waals surface area contributed by atoms with Crippen LogP contribution in [0.5, 0.6) is 0 Å². The number of aromatic nitrogens is 3. The molecular weight excluding hydrogens is 400 g/mol. The Morgan fingerprint density at radius 1 is 1.07 bits per heavy atom. The van der Waals surface area contributed by atoms with Crippen molar-refractivity contribution in [2.24, 2.45) is 0 Å². The molecule has 0 spiro atoms. The van der Waals surface area contributed by atoms with E-state index in [0.717, 1.165) is 11.6 Å². The maximum Gasteiger partial charge on any atom is 0.419 e. The first-order chi connectivity index (χ1) is 14.1.